The fourth-order valence-corrected chi connectivity index (χ4v) is 2.00. The second-order valence-electron chi connectivity index (χ2n) is 4.45. The van der Waals surface area contributed by atoms with Gasteiger partial charge in [0, 0.05) is 6.04 Å². The molecule has 4 heteroatoms. The smallest absolute Gasteiger partial charge is 0.337 e. The summed E-state index contributed by atoms with van der Waals surface area (Å²) in [6.07, 6.45) is 2.35. The van der Waals surface area contributed by atoms with E-state index in [0.29, 0.717) is 17.3 Å². The van der Waals surface area contributed by atoms with E-state index >= 15 is 0 Å². The lowest BCUT2D eigenvalue weighted by atomic mass is 10.1. The molecule has 2 unspecified atom stereocenters. The first-order valence-electron chi connectivity index (χ1n) is 5.90. The number of esters is 1. The van der Waals surface area contributed by atoms with Crippen LogP contribution in [-0.4, -0.2) is 19.1 Å². The first-order chi connectivity index (χ1) is 8.15. The number of hydrogen-bond donors (Lipinski definition) is 2. The number of ether oxygens (including phenoxy) is 1. The van der Waals surface area contributed by atoms with Crippen molar-refractivity contribution in [2.75, 3.05) is 18.2 Å². The Morgan fingerprint density at radius 3 is 2.94 bits per heavy atom. The van der Waals surface area contributed by atoms with Crippen LogP contribution in [0.5, 0.6) is 0 Å². The number of carbonyl (C=O) groups is 1. The van der Waals surface area contributed by atoms with Crippen molar-refractivity contribution in [1.82, 2.24) is 0 Å². The maximum Gasteiger partial charge on any atom is 0.337 e. The van der Waals surface area contributed by atoms with Gasteiger partial charge in [0.1, 0.15) is 0 Å². The van der Waals surface area contributed by atoms with Crippen molar-refractivity contribution in [3.05, 3.63) is 23.8 Å². The zero-order valence-electron chi connectivity index (χ0n) is 10.2. The zero-order chi connectivity index (χ0) is 12.4. The van der Waals surface area contributed by atoms with Crippen LogP contribution in [0.3, 0.4) is 0 Å². The highest BCUT2D eigenvalue weighted by Gasteiger charge is 2.35. The predicted octanol–water partition coefficient (Wildman–Crippen LogP) is 2.27. The second kappa shape index (κ2) is 4.65. The standard InChI is InChI=1S/C13H18N2O2/c1-3-8-6-11(8)15-12-7-9(13(16)17-2)4-5-10(12)14/h4-5,7-8,11,15H,3,6,14H2,1-2H3. The molecule has 92 valence electrons. The minimum atomic E-state index is -0.337. The molecule has 0 aromatic heterocycles. The van der Waals surface area contributed by atoms with E-state index in [1.165, 1.54) is 20.0 Å². The molecular formula is C13H18N2O2. The minimum absolute atomic E-state index is 0.337. The van der Waals surface area contributed by atoms with E-state index < -0.39 is 0 Å². The average molecular weight is 234 g/mol. The summed E-state index contributed by atoms with van der Waals surface area (Å²) in [6, 6.07) is 5.66. The van der Waals surface area contributed by atoms with Gasteiger partial charge in [-0.3, -0.25) is 0 Å². The third kappa shape index (κ3) is 2.52. The van der Waals surface area contributed by atoms with Crippen molar-refractivity contribution < 1.29 is 9.53 Å². The highest BCUT2D eigenvalue weighted by Crippen LogP contribution is 2.37. The molecule has 3 N–H and O–H groups in total. The third-order valence-electron chi connectivity index (χ3n) is 3.26. The number of anilines is 2. The average Bonchev–Trinajstić information content (AvgIpc) is 3.09. The van der Waals surface area contributed by atoms with Gasteiger partial charge in [-0.15, -0.1) is 0 Å². The molecule has 1 fully saturated rings. The summed E-state index contributed by atoms with van der Waals surface area (Å²) >= 11 is 0. The van der Waals surface area contributed by atoms with Crippen molar-refractivity contribution in [3.8, 4) is 0 Å². The lowest BCUT2D eigenvalue weighted by molar-refractivity contribution is 0.0601. The molecular weight excluding hydrogens is 216 g/mol. The number of methoxy groups -OCH3 is 1. The molecule has 17 heavy (non-hydrogen) atoms. The van der Waals surface area contributed by atoms with Crippen LogP contribution in [0.2, 0.25) is 0 Å². The quantitative estimate of drug-likeness (QED) is 0.619. The monoisotopic (exact) mass is 234 g/mol. The van der Waals surface area contributed by atoms with Gasteiger partial charge < -0.3 is 15.8 Å². The van der Waals surface area contributed by atoms with Crippen molar-refractivity contribution in [2.24, 2.45) is 5.92 Å². The molecule has 0 aliphatic heterocycles. The van der Waals surface area contributed by atoms with Gasteiger partial charge in [-0.25, -0.2) is 4.79 Å². The van der Waals surface area contributed by atoms with Gasteiger partial charge in [0.2, 0.25) is 0 Å². The lowest BCUT2D eigenvalue weighted by Gasteiger charge is -2.10. The Labute approximate surface area is 101 Å². The van der Waals surface area contributed by atoms with Crippen LogP contribution in [-0.2, 0) is 4.74 Å². The van der Waals surface area contributed by atoms with Crippen LogP contribution in [0.25, 0.3) is 0 Å². The molecule has 0 amide bonds. The predicted molar refractivity (Wildman–Crippen MR) is 68.0 cm³/mol. The summed E-state index contributed by atoms with van der Waals surface area (Å²) in [5, 5.41) is 3.37. The molecule has 1 aromatic rings. The Morgan fingerprint density at radius 2 is 2.35 bits per heavy atom. The van der Waals surface area contributed by atoms with Crippen molar-refractivity contribution in [1.29, 1.82) is 0 Å². The van der Waals surface area contributed by atoms with Crippen LogP contribution in [0.1, 0.15) is 30.1 Å². The Morgan fingerprint density at radius 1 is 1.59 bits per heavy atom. The number of benzene rings is 1. The number of nitrogen functional groups attached to an aromatic ring is 1. The van der Waals surface area contributed by atoms with E-state index in [1.54, 1.807) is 18.2 Å². The van der Waals surface area contributed by atoms with Gasteiger partial charge in [0.05, 0.1) is 24.0 Å². The molecule has 1 saturated carbocycles. The Hall–Kier alpha value is -1.71. The molecule has 0 heterocycles. The number of carbonyl (C=O) groups excluding carboxylic acids is 1. The molecule has 1 aliphatic carbocycles. The molecule has 1 aromatic carbocycles. The molecule has 0 saturated heterocycles. The normalized spacial score (nSPS) is 22.0. The van der Waals surface area contributed by atoms with Crippen molar-refractivity contribution in [3.63, 3.8) is 0 Å². The number of rotatable bonds is 4. The Bertz CT molecular complexity index is 431. The maximum absolute atomic E-state index is 11.4. The SMILES string of the molecule is CCC1CC1Nc1cc(C(=O)OC)ccc1N. The summed E-state index contributed by atoms with van der Waals surface area (Å²) in [7, 11) is 1.37. The molecule has 0 spiro atoms. The molecule has 4 nitrogen and oxygen atoms in total. The third-order valence-corrected chi connectivity index (χ3v) is 3.26. The Balaban J connectivity index is 2.13. The van der Waals surface area contributed by atoms with Crippen LogP contribution in [0.4, 0.5) is 11.4 Å². The molecule has 1 aliphatic rings. The van der Waals surface area contributed by atoms with Gasteiger partial charge in [0.15, 0.2) is 0 Å². The fraction of sp³-hybridized carbons (Fsp3) is 0.462. The molecule has 0 bridgehead atoms. The lowest BCUT2D eigenvalue weighted by Crippen LogP contribution is -2.09. The number of hydrogen-bond acceptors (Lipinski definition) is 4. The van der Waals surface area contributed by atoms with Gasteiger partial charge in [-0.2, -0.15) is 0 Å². The topological polar surface area (TPSA) is 64.3 Å². The maximum atomic E-state index is 11.4. The largest absolute Gasteiger partial charge is 0.465 e. The van der Waals surface area contributed by atoms with E-state index in [4.69, 9.17) is 5.73 Å². The number of nitrogens with two attached hydrogens (primary N) is 1. The molecule has 2 atom stereocenters. The van der Waals surface area contributed by atoms with Crippen LogP contribution < -0.4 is 11.1 Å². The van der Waals surface area contributed by atoms with Gasteiger partial charge in [0.25, 0.3) is 0 Å². The zero-order valence-corrected chi connectivity index (χ0v) is 10.2. The van der Waals surface area contributed by atoms with Crippen LogP contribution in [0, 0.1) is 5.92 Å². The van der Waals surface area contributed by atoms with Gasteiger partial charge in [-0.05, 0) is 30.5 Å². The van der Waals surface area contributed by atoms with E-state index in [1.807, 2.05) is 0 Å². The summed E-state index contributed by atoms with van der Waals surface area (Å²) in [6.45, 7) is 2.18. The van der Waals surface area contributed by atoms with Crippen molar-refractivity contribution >= 4 is 17.3 Å². The highest BCUT2D eigenvalue weighted by molar-refractivity contribution is 5.92. The number of nitrogens with one attached hydrogen (secondary N) is 1. The van der Waals surface area contributed by atoms with Gasteiger partial charge in [-0.1, -0.05) is 13.3 Å². The summed E-state index contributed by atoms with van der Waals surface area (Å²) in [5.74, 6) is 0.395. The van der Waals surface area contributed by atoms with Crippen molar-refractivity contribution in [2.45, 2.75) is 25.8 Å². The van der Waals surface area contributed by atoms with E-state index in [9.17, 15) is 4.79 Å². The van der Waals surface area contributed by atoms with E-state index in [0.717, 1.165) is 11.6 Å². The molecule has 0 radical (unpaired) electrons. The fourth-order valence-electron chi connectivity index (χ4n) is 2.00. The highest BCUT2D eigenvalue weighted by atomic mass is 16.5. The Kier molecular flexibility index (Phi) is 3.22. The van der Waals surface area contributed by atoms with Crippen LogP contribution >= 0.6 is 0 Å². The minimum Gasteiger partial charge on any atom is -0.465 e. The first-order valence-corrected chi connectivity index (χ1v) is 5.90. The first kappa shape index (κ1) is 11.8. The van der Waals surface area contributed by atoms with E-state index in [2.05, 4.69) is 17.0 Å². The summed E-state index contributed by atoms with van der Waals surface area (Å²) < 4.78 is 4.69. The molecule has 2 rings (SSSR count). The summed E-state index contributed by atoms with van der Waals surface area (Å²) in [5.41, 5.74) is 7.90. The van der Waals surface area contributed by atoms with Gasteiger partial charge >= 0.3 is 5.97 Å². The van der Waals surface area contributed by atoms with E-state index in [-0.39, 0.29) is 5.97 Å². The summed E-state index contributed by atoms with van der Waals surface area (Å²) in [4.78, 5) is 11.4. The second-order valence-corrected chi connectivity index (χ2v) is 4.45. The van der Waals surface area contributed by atoms with Crippen LogP contribution in [0.15, 0.2) is 18.2 Å².